The van der Waals surface area contributed by atoms with Gasteiger partial charge in [0.1, 0.15) is 6.61 Å². The molecule has 1 spiro atoms. The molecule has 1 aromatic rings. The van der Waals surface area contributed by atoms with Gasteiger partial charge in [-0.1, -0.05) is 30.3 Å². The number of likely N-dealkylation sites (tertiary alicyclic amines) is 1. The van der Waals surface area contributed by atoms with Crippen LogP contribution in [0.25, 0.3) is 0 Å². The summed E-state index contributed by atoms with van der Waals surface area (Å²) in [6.07, 6.45) is 2.73. The lowest BCUT2D eigenvalue weighted by Crippen LogP contribution is -2.54. The van der Waals surface area contributed by atoms with Crippen molar-refractivity contribution >= 4 is 25.8 Å². The van der Waals surface area contributed by atoms with Gasteiger partial charge >= 0.3 is 6.09 Å². The van der Waals surface area contributed by atoms with E-state index in [4.69, 9.17) is 20.2 Å². The van der Waals surface area contributed by atoms with Crippen LogP contribution in [-0.2, 0) is 25.1 Å². The molecule has 0 saturated carbocycles. The topological polar surface area (TPSA) is 72.9 Å². The van der Waals surface area contributed by atoms with Crippen LogP contribution >= 0.6 is 10.7 Å². The first kappa shape index (κ1) is 19.5. The monoisotopic (exact) mass is 401 g/mol. The van der Waals surface area contributed by atoms with Gasteiger partial charge in [0, 0.05) is 30.4 Å². The number of carbonyl (C=O) groups is 1. The third kappa shape index (κ3) is 5.11. The first-order valence-corrected chi connectivity index (χ1v) is 11.3. The molecule has 1 amide bonds. The average molecular weight is 402 g/mol. The van der Waals surface area contributed by atoms with Crippen molar-refractivity contribution in [3.05, 3.63) is 35.9 Å². The number of ether oxygens (including phenoxy) is 2. The van der Waals surface area contributed by atoms with Gasteiger partial charge in [0.25, 0.3) is 0 Å². The van der Waals surface area contributed by atoms with Crippen molar-refractivity contribution in [2.45, 2.75) is 38.3 Å². The van der Waals surface area contributed by atoms with E-state index in [1.54, 1.807) is 4.90 Å². The second kappa shape index (κ2) is 8.15. The summed E-state index contributed by atoms with van der Waals surface area (Å²) in [6.45, 7) is 1.99. The van der Waals surface area contributed by atoms with Crippen molar-refractivity contribution in [1.29, 1.82) is 0 Å². The fourth-order valence-electron chi connectivity index (χ4n) is 3.83. The fraction of sp³-hybridized carbons (Fsp3) is 0.611. The Morgan fingerprint density at radius 1 is 1.23 bits per heavy atom. The number of carbonyl (C=O) groups excluding carboxylic acids is 1. The Kier molecular flexibility index (Phi) is 6.10. The average Bonchev–Trinajstić information content (AvgIpc) is 2.62. The molecule has 1 aromatic carbocycles. The molecule has 2 heterocycles. The fourth-order valence-corrected chi connectivity index (χ4v) is 5.07. The standard InChI is InChI=1S/C18H24ClNO5S/c19-26(22,23)13-16-6-7-18(8-10-24-11-9-18)14-20(16)17(21)25-12-15-4-2-1-3-5-15/h1-5,16H,6-14H2. The quantitative estimate of drug-likeness (QED) is 0.724. The number of hydrogen-bond donors (Lipinski definition) is 0. The zero-order chi connectivity index (χ0) is 18.6. The summed E-state index contributed by atoms with van der Waals surface area (Å²) < 4.78 is 34.1. The number of nitrogens with zero attached hydrogens (tertiary/aromatic N) is 1. The van der Waals surface area contributed by atoms with Crippen molar-refractivity contribution in [3.8, 4) is 0 Å². The third-order valence-corrected chi connectivity index (χ3v) is 6.50. The summed E-state index contributed by atoms with van der Waals surface area (Å²) in [5.41, 5.74) is 0.872. The SMILES string of the molecule is O=C(OCc1ccccc1)N1CC2(CCOCC2)CCC1CS(=O)(=O)Cl. The summed E-state index contributed by atoms with van der Waals surface area (Å²) >= 11 is 0. The molecular weight excluding hydrogens is 378 g/mol. The van der Waals surface area contributed by atoms with Crippen LogP contribution in [0.5, 0.6) is 0 Å². The minimum absolute atomic E-state index is 0.0173. The predicted molar refractivity (Wildman–Crippen MR) is 98.5 cm³/mol. The summed E-state index contributed by atoms with van der Waals surface area (Å²) in [6, 6.07) is 8.96. The maximum Gasteiger partial charge on any atom is 0.410 e. The van der Waals surface area contributed by atoms with Gasteiger partial charge in [0.15, 0.2) is 0 Å². The van der Waals surface area contributed by atoms with Crippen molar-refractivity contribution in [2.24, 2.45) is 5.41 Å². The number of amides is 1. The Morgan fingerprint density at radius 2 is 1.92 bits per heavy atom. The second-order valence-electron chi connectivity index (χ2n) is 7.18. The van der Waals surface area contributed by atoms with E-state index >= 15 is 0 Å². The Balaban J connectivity index is 1.71. The molecule has 144 valence electrons. The first-order valence-electron chi connectivity index (χ1n) is 8.84. The Bertz CT molecular complexity index is 718. The van der Waals surface area contributed by atoms with Crippen LogP contribution in [0.3, 0.4) is 0 Å². The summed E-state index contributed by atoms with van der Waals surface area (Å²) in [4.78, 5) is 14.3. The third-order valence-electron chi connectivity index (χ3n) is 5.34. The highest BCUT2D eigenvalue weighted by molar-refractivity contribution is 8.13. The van der Waals surface area contributed by atoms with Gasteiger partial charge in [-0.15, -0.1) is 0 Å². The van der Waals surface area contributed by atoms with E-state index in [1.807, 2.05) is 30.3 Å². The molecule has 2 aliphatic heterocycles. The molecule has 2 saturated heterocycles. The zero-order valence-corrected chi connectivity index (χ0v) is 16.2. The van der Waals surface area contributed by atoms with Crippen LogP contribution in [0.4, 0.5) is 4.79 Å². The number of rotatable bonds is 4. The lowest BCUT2D eigenvalue weighted by atomic mass is 9.72. The highest BCUT2D eigenvalue weighted by Crippen LogP contribution is 2.41. The van der Waals surface area contributed by atoms with Gasteiger partial charge in [-0.05, 0) is 36.7 Å². The molecule has 2 fully saturated rings. The summed E-state index contributed by atoms with van der Waals surface area (Å²) in [7, 11) is 1.76. The number of piperidine rings is 1. The van der Waals surface area contributed by atoms with Gasteiger partial charge in [0.2, 0.25) is 9.05 Å². The lowest BCUT2D eigenvalue weighted by Gasteiger charge is -2.47. The van der Waals surface area contributed by atoms with Gasteiger partial charge in [0.05, 0.1) is 11.8 Å². The molecule has 0 radical (unpaired) electrons. The Labute approximate surface area is 158 Å². The largest absolute Gasteiger partial charge is 0.445 e. The van der Waals surface area contributed by atoms with E-state index in [-0.39, 0.29) is 17.8 Å². The highest BCUT2D eigenvalue weighted by Gasteiger charge is 2.44. The molecule has 26 heavy (non-hydrogen) atoms. The highest BCUT2D eigenvalue weighted by atomic mass is 35.7. The molecule has 8 heteroatoms. The molecule has 0 aliphatic carbocycles. The molecule has 3 rings (SSSR count). The van der Waals surface area contributed by atoms with Crippen LogP contribution in [0.1, 0.15) is 31.2 Å². The predicted octanol–water partition coefficient (Wildman–Crippen LogP) is 3.15. The molecule has 0 N–H and O–H groups in total. The Hall–Kier alpha value is -1.31. The Morgan fingerprint density at radius 3 is 2.58 bits per heavy atom. The van der Waals surface area contributed by atoms with E-state index in [2.05, 4.69) is 0 Å². The van der Waals surface area contributed by atoms with E-state index < -0.39 is 21.2 Å². The van der Waals surface area contributed by atoms with Crippen molar-refractivity contribution in [1.82, 2.24) is 4.90 Å². The second-order valence-corrected chi connectivity index (χ2v) is 10.0. The van der Waals surface area contributed by atoms with Gasteiger partial charge in [-0.2, -0.15) is 0 Å². The molecule has 0 aromatic heterocycles. The van der Waals surface area contributed by atoms with Crippen LogP contribution in [-0.4, -0.2) is 51.0 Å². The van der Waals surface area contributed by atoms with E-state index in [9.17, 15) is 13.2 Å². The molecule has 1 atom stereocenters. The van der Waals surface area contributed by atoms with Gasteiger partial charge in [-0.3, -0.25) is 0 Å². The van der Waals surface area contributed by atoms with Crippen LogP contribution in [0.15, 0.2) is 30.3 Å². The normalized spacial score (nSPS) is 23.0. The summed E-state index contributed by atoms with van der Waals surface area (Å²) in [5.74, 6) is -0.248. The van der Waals surface area contributed by atoms with E-state index in [1.165, 1.54) is 0 Å². The van der Waals surface area contributed by atoms with Crippen molar-refractivity contribution < 1.29 is 22.7 Å². The van der Waals surface area contributed by atoms with Crippen molar-refractivity contribution in [3.63, 3.8) is 0 Å². The van der Waals surface area contributed by atoms with E-state index in [0.717, 1.165) is 24.8 Å². The minimum atomic E-state index is -3.70. The van der Waals surface area contributed by atoms with Crippen LogP contribution in [0.2, 0.25) is 0 Å². The molecular formula is C18H24ClNO5S. The van der Waals surface area contributed by atoms with Crippen molar-refractivity contribution in [2.75, 3.05) is 25.5 Å². The lowest BCUT2D eigenvalue weighted by molar-refractivity contribution is -0.0393. The first-order chi connectivity index (χ1) is 12.4. The summed E-state index contributed by atoms with van der Waals surface area (Å²) in [5, 5.41) is 0. The van der Waals surface area contributed by atoms with Gasteiger partial charge in [-0.25, -0.2) is 13.2 Å². The number of benzene rings is 1. The number of halogens is 1. The molecule has 0 bridgehead atoms. The molecule has 6 nitrogen and oxygen atoms in total. The minimum Gasteiger partial charge on any atom is -0.445 e. The number of hydrogen-bond acceptors (Lipinski definition) is 5. The smallest absolute Gasteiger partial charge is 0.410 e. The maximum absolute atomic E-state index is 12.7. The molecule has 2 aliphatic rings. The van der Waals surface area contributed by atoms with E-state index in [0.29, 0.717) is 26.2 Å². The van der Waals surface area contributed by atoms with Gasteiger partial charge < -0.3 is 14.4 Å². The van der Waals surface area contributed by atoms with Crippen LogP contribution < -0.4 is 0 Å². The zero-order valence-electron chi connectivity index (χ0n) is 14.6. The maximum atomic E-state index is 12.7. The molecule has 1 unspecified atom stereocenters. The van der Waals surface area contributed by atoms with Crippen LogP contribution in [0, 0.1) is 5.41 Å².